The number of nitrogens with zero attached hydrogens (tertiary/aromatic N) is 1. The third kappa shape index (κ3) is 4.51. The van der Waals surface area contributed by atoms with Crippen LogP contribution in [0.3, 0.4) is 0 Å². The molecule has 0 radical (unpaired) electrons. The van der Waals surface area contributed by atoms with Crippen molar-refractivity contribution in [3.8, 4) is 5.06 Å². The molecule has 0 saturated heterocycles. The molecule has 2 N–H and O–H groups in total. The molecule has 1 amide bonds. The summed E-state index contributed by atoms with van der Waals surface area (Å²) in [5.41, 5.74) is 1.52. The molecule has 154 valence electrons. The van der Waals surface area contributed by atoms with E-state index in [9.17, 15) is 18.0 Å². The number of hydrogen-bond donors (Lipinski definition) is 2. The first kappa shape index (κ1) is 20.0. The fourth-order valence-corrected chi connectivity index (χ4v) is 4.24. The highest BCUT2D eigenvalue weighted by atomic mass is 35.5. The number of nitrogens with one attached hydrogen (secondary N) is 2. The van der Waals surface area contributed by atoms with Gasteiger partial charge in [0.15, 0.2) is 11.7 Å². The lowest BCUT2D eigenvalue weighted by Gasteiger charge is -2.12. The maximum absolute atomic E-state index is 12.6. The number of H-pyrrole nitrogens is 1. The van der Waals surface area contributed by atoms with Crippen LogP contribution in [0, 0.1) is 5.92 Å². The van der Waals surface area contributed by atoms with Gasteiger partial charge in [0.25, 0.3) is 0 Å². The summed E-state index contributed by atoms with van der Waals surface area (Å²) < 4.78 is 41.5. The van der Waals surface area contributed by atoms with Gasteiger partial charge >= 0.3 is 6.18 Å². The molecule has 0 bridgehead atoms. The molecular weight excluding hydrogens is 427 g/mol. The Labute approximate surface area is 173 Å². The fourth-order valence-electron chi connectivity index (χ4n) is 3.17. The minimum atomic E-state index is -4.38. The van der Waals surface area contributed by atoms with E-state index in [-0.39, 0.29) is 28.8 Å². The summed E-state index contributed by atoms with van der Waals surface area (Å²) in [4.78, 5) is 21.0. The lowest BCUT2D eigenvalue weighted by Crippen LogP contribution is -2.28. The molecule has 1 aliphatic rings. The predicted molar refractivity (Wildman–Crippen MR) is 104 cm³/mol. The Hall–Kier alpha value is -2.26. The Morgan fingerprint density at radius 1 is 1.41 bits per heavy atom. The highest BCUT2D eigenvalue weighted by Gasteiger charge is 2.46. The Bertz CT molecular complexity index is 1050. The fraction of sp³-hybridized carbons (Fsp3) is 0.368. The number of alkyl halides is 3. The maximum atomic E-state index is 12.6. The molecule has 1 aromatic carbocycles. The number of rotatable bonds is 6. The van der Waals surface area contributed by atoms with Crippen LogP contribution in [0.25, 0.3) is 11.0 Å². The quantitative estimate of drug-likeness (QED) is 0.550. The van der Waals surface area contributed by atoms with Crippen LogP contribution in [0.2, 0.25) is 5.02 Å². The van der Waals surface area contributed by atoms with Crippen molar-refractivity contribution in [1.82, 2.24) is 15.3 Å². The van der Waals surface area contributed by atoms with Gasteiger partial charge in [-0.05, 0) is 37.6 Å². The van der Waals surface area contributed by atoms with Gasteiger partial charge in [-0.15, -0.1) is 11.3 Å². The molecule has 10 heteroatoms. The van der Waals surface area contributed by atoms with Crippen molar-refractivity contribution < 1.29 is 22.7 Å². The summed E-state index contributed by atoms with van der Waals surface area (Å²) in [5, 5.41) is 3.64. The maximum Gasteiger partial charge on any atom is 0.422 e. The summed E-state index contributed by atoms with van der Waals surface area (Å²) in [6.45, 7) is 0.453. The molecule has 0 spiro atoms. The van der Waals surface area contributed by atoms with E-state index in [4.69, 9.17) is 16.3 Å². The largest absolute Gasteiger partial charge is 0.475 e. The lowest BCUT2D eigenvalue weighted by molar-refractivity contribution is -0.152. The number of aromatic nitrogens is 2. The Morgan fingerprint density at radius 2 is 2.21 bits per heavy atom. The number of carbonyl (C=O) groups excluding carboxylic acids is 1. The molecule has 0 aliphatic heterocycles. The zero-order valence-electron chi connectivity index (χ0n) is 15.2. The van der Waals surface area contributed by atoms with Gasteiger partial charge in [0.1, 0.15) is 11.3 Å². The summed E-state index contributed by atoms with van der Waals surface area (Å²) in [6.07, 6.45) is -3.70. The third-order valence-corrected chi connectivity index (χ3v) is 6.21. The number of thiophene rings is 1. The zero-order valence-corrected chi connectivity index (χ0v) is 16.8. The number of hydrogen-bond acceptors (Lipinski definition) is 4. The van der Waals surface area contributed by atoms with Crippen molar-refractivity contribution in [2.24, 2.45) is 5.92 Å². The molecule has 4 rings (SSSR count). The molecule has 3 unspecified atom stereocenters. The van der Waals surface area contributed by atoms with Crippen molar-refractivity contribution in [1.29, 1.82) is 0 Å². The van der Waals surface area contributed by atoms with Crippen LogP contribution < -0.4 is 10.1 Å². The first-order chi connectivity index (χ1) is 13.7. The van der Waals surface area contributed by atoms with E-state index in [0.29, 0.717) is 17.0 Å². The highest BCUT2D eigenvalue weighted by Crippen LogP contribution is 2.47. The molecule has 29 heavy (non-hydrogen) atoms. The van der Waals surface area contributed by atoms with E-state index >= 15 is 0 Å². The second kappa shape index (κ2) is 7.53. The number of aromatic amines is 1. The van der Waals surface area contributed by atoms with Crippen LogP contribution in [0.5, 0.6) is 5.06 Å². The zero-order chi connectivity index (χ0) is 20.8. The second-order valence-corrected chi connectivity index (χ2v) is 8.48. The number of para-hydroxylation sites is 1. The molecule has 5 nitrogen and oxygen atoms in total. The number of carbonyl (C=O) groups is 1. The number of benzene rings is 1. The summed E-state index contributed by atoms with van der Waals surface area (Å²) in [7, 11) is 0. The van der Waals surface area contributed by atoms with Crippen LogP contribution in [0.4, 0.5) is 13.2 Å². The van der Waals surface area contributed by atoms with Crippen LogP contribution in [0.1, 0.15) is 36.0 Å². The summed E-state index contributed by atoms with van der Waals surface area (Å²) in [5.74, 6) is 0.428. The lowest BCUT2D eigenvalue weighted by atomic mass is 10.2. The first-order valence-corrected chi connectivity index (χ1v) is 10.1. The number of amides is 1. The van der Waals surface area contributed by atoms with Gasteiger partial charge in [-0.3, -0.25) is 4.79 Å². The molecule has 1 aliphatic carbocycles. The van der Waals surface area contributed by atoms with Crippen molar-refractivity contribution in [2.45, 2.75) is 31.5 Å². The van der Waals surface area contributed by atoms with Gasteiger partial charge in [0.05, 0.1) is 16.6 Å². The van der Waals surface area contributed by atoms with E-state index in [1.54, 1.807) is 19.1 Å². The van der Waals surface area contributed by atoms with E-state index in [1.807, 2.05) is 12.1 Å². The Kier molecular flexibility index (Phi) is 5.20. The van der Waals surface area contributed by atoms with E-state index in [1.165, 1.54) is 6.07 Å². The predicted octanol–water partition coefficient (Wildman–Crippen LogP) is 5.20. The van der Waals surface area contributed by atoms with Gasteiger partial charge in [0.2, 0.25) is 5.91 Å². The standard InChI is InChI=1S/C19H17ClF3N3O2S/c1-9(14-5-6-15(29-14)28-8-19(21,22)23)24-18(27)11-7-10(11)17-25-13-4-2-3-12(20)16(13)26-17/h2-6,9-11H,7-8H2,1H3,(H,24,27)(H,25,26). The monoisotopic (exact) mass is 443 g/mol. The number of ether oxygens (including phenoxy) is 1. The van der Waals surface area contributed by atoms with Crippen LogP contribution in [-0.4, -0.2) is 28.7 Å². The molecule has 3 aromatic rings. The normalized spacial score (nSPS) is 19.9. The van der Waals surface area contributed by atoms with E-state index in [2.05, 4.69) is 15.3 Å². The van der Waals surface area contributed by atoms with Gasteiger partial charge in [-0.1, -0.05) is 17.7 Å². The average Bonchev–Trinajstić information content (AvgIpc) is 3.10. The van der Waals surface area contributed by atoms with Gasteiger partial charge in [0, 0.05) is 16.7 Å². The summed E-state index contributed by atoms with van der Waals surface area (Å²) >= 11 is 7.23. The smallest absolute Gasteiger partial charge is 0.422 e. The van der Waals surface area contributed by atoms with Crippen molar-refractivity contribution in [3.05, 3.63) is 46.1 Å². The SMILES string of the molecule is CC(NC(=O)C1CC1c1nc2c(Cl)cccc2[nH]1)c1ccc(OCC(F)(F)F)s1. The molecule has 3 atom stereocenters. The number of halogens is 4. The van der Waals surface area contributed by atoms with Gasteiger partial charge in [-0.25, -0.2) is 4.98 Å². The number of fused-ring (bicyclic) bond motifs is 1. The van der Waals surface area contributed by atoms with Crippen LogP contribution >= 0.6 is 22.9 Å². The Balaban J connectivity index is 1.35. The van der Waals surface area contributed by atoms with Crippen LogP contribution in [0.15, 0.2) is 30.3 Å². The molecule has 1 saturated carbocycles. The second-order valence-electron chi connectivity index (χ2n) is 7.00. The topological polar surface area (TPSA) is 67.0 Å². The Morgan fingerprint density at radius 3 is 2.93 bits per heavy atom. The first-order valence-electron chi connectivity index (χ1n) is 8.95. The minimum Gasteiger partial charge on any atom is -0.475 e. The number of imidazole rings is 1. The van der Waals surface area contributed by atoms with Crippen LogP contribution in [-0.2, 0) is 4.79 Å². The average molecular weight is 444 g/mol. The molecular formula is C19H17ClF3N3O2S. The summed E-state index contributed by atoms with van der Waals surface area (Å²) in [6, 6.07) is 8.29. The molecule has 2 aromatic heterocycles. The third-order valence-electron chi connectivity index (χ3n) is 4.73. The van der Waals surface area contributed by atoms with Gasteiger partial charge in [-0.2, -0.15) is 13.2 Å². The minimum absolute atomic E-state index is 0.000294. The van der Waals surface area contributed by atoms with E-state index < -0.39 is 12.8 Å². The van der Waals surface area contributed by atoms with Crippen molar-refractivity contribution >= 4 is 39.9 Å². The highest BCUT2D eigenvalue weighted by molar-refractivity contribution is 7.13. The molecule has 1 fully saturated rings. The van der Waals surface area contributed by atoms with Gasteiger partial charge < -0.3 is 15.0 Å². The van der Waals surface area contributed by atoms with E-state index in [0.717, 1.165) is 27.6 Å². The van der Waals surface area contributed by atoms with Crippen molar-refractivity contribution in [3.63, 3.8) is 0 Å². The molecule has 2 heterocycles. The van der Waals surface area contributed by atoms with Crippen molar-refractivity contribution in [2.75, 3.05) is 6.61 Å².